The molecule has 3 amide bonds. The van der Waals surface area contributed by atoms with E-state index in [-0.39, 0.29) is 17.6 Å². The highest BCUT2D eigenvalue weighted by Crippen LogP contribution is 2.32. The highest BCUT2D eigenvalue weighted by atomic mass is 32.2. The molecular formula is C24H26N2O5S. The van der Waals surface area contributed by atoms with Crippen LogP contribution >= 0.6 is 11.8 Å². The Labute approximate surface area is 191 Å². The van der Waals surface area contributed by atoms with Gasteiger partial charge in [0.25, 0.3) is 11.1 Å². The first-order valence-electron chi connectivity index (χ1n) is 10.4. The van der Waals surface area contributed by atoms with Gasteiger partial charge in [0.1, 0.15) is 18.0 Å². The van der Waals surface area contributed by atoms with Crippen molar-refractivity contribution >= 4 is 40.6 Å². The average Bonchev–Trinajstić information content (AvgIpc) is 3.04. The van der Waals surface area contributed by atoms with Gasteiger partial charge in [-0.05, 0) is 80.1 Å². The van der Waals surface area contributed by atoms with Crippen LogP contribution in [0, 0.1) is 0 Å². The Morgan fingerprint density at radius 2 is 1.72 bits per heavy atom. The molecule has 0 aliphatic carbocycles. The van der Waals surface area contributed by atoms with Crippen molar-refractivity contribution in [3.63, 3.8) is 0 Å². The van der Waals surface area contributed by atoms with Crippen LogP contribution in [0.4, 0.5) is 10.5 Å². The smallest absolute Gasteiger partial charge is 0.294 e. The molecular weight excluding hydrogens is 428 g/mol. The third-order valence-electron chi connectivity index (χ3n) is 4.71. The maximum atomic E-state index is 12.7. The number of benzene rings is 2. The summed E-state index contributed by atoms with van der Waals surface area (Å²) in [4.78, 5) is 38.6. The molecule has 2 aromatic carbocycles. The summed E-state index contributed by atoms with van der Waals surface area (Å²) >= 11 is 0.822. The SMILES string of the molecule is CCOc1ccc(NC(=O)CN2C(=O)S/C(=C/c3ccc(O[C@@H](C)CC)cc3)C2=O)cc1. The first kappa shape index (κ1) is 23.4. The average molecular weight is 455 g/mol. The van der Waals surface area contributed by atoms with E-state index in [1.54, 1.807) is 30.3 Å². The van der Waals surface area contributed by atoms with Crippen LogP contribution in [0.15, 0.2) is 53.4 Å². The van der Waals surface area contributed by atoms with Crippen molar-refractivity contribution in [2.45, 2.75) is 33.3 Å². The van der Waals surface area contributed by atoms with Crippen molar-refractivity contribution in [2.75, 3.05) is 18.5 Å². The molecule has 7 nitrogen and oxygen atoms in total. The van der Waals surface area contributed by atoms with Crippen molar-refractivity contribution in [1.82, 2.24) is 4.90 Å². The normalized spacial score (nSPS) is 15.7. The number of rotatable bonds is 9. The van der Waals surface area contributed by atoms with E-state index in [0.717, 1.165) is 34.4 Å². The minimum atomic E-state index is -0.484. The number of thioether (sulfide) groups is 1. The molecule has 0 radical (unpaired) electrons. The van der Waals surface area contributed by atoms with Crippen LogP contribution in [0.25, 0.3) is 6.08 Å². The van der Waals surface area contributed by atoms with Crippen molar-refractivity contribution in [2.24, 2.45) is 0 Å². The van der Waals surface area contributed by atoms with Gasteiger partial charge in [-0.2, -0.15) is 0 Å². The lowest BCUT2D eigenvalue weighted by Crippen LogP contribution is -2.36. The maximum Gasteiger partial charge on any atom is 0.294 e. The number of anilines is 1. The van der Waals surface area contributed by atoms with Gasteiger partial charge < -0.3 is 14.8 Å². The highest BCUT2D eigenvalue weighted by Gasteiger charge is 2.36. The highest BCUT2D eigenvalue weighted by molar-refractivity contribution is 8.18. The number of imide groups is 1. The van der Waals surface area contributed by atoms with Crippen molar-refractivity contribution in [3.8, 4) is 11.5 Å². The molecule has 0 unspecified atom stereocenters. The molecule has 0 saturated carbocycles. The molecule has 0 bridgehead atoms. The summed E-state index contributed by atoms with van der Waals surface area (Å²) in [6, 6.07) is 14.2. The Balaban J connectivity index is 1.60. The molecule has 1 aliphatic heterocycles. The topological polar surface area (TPSA) is 84.9 Å². The van der Waals surface area contributed by atoms with Gasteiger partial charge in [0.2, 0.25) is 5.91 Å². The van der Waals surface area contributed by atoms with Crippen LogP contribution in [0.3, 0.4) is 0 Å². The van der Waals surface area contributed by atoms with Gasteiger partial charge in [-0.3, -0.25) is 19.3 Å². The molecule has 0 aromatic heterocycles. The minimum Gasteiger partial charge on any atom is -0.494 e. The molecule has 2 aromatic rings. The predicted molar refractivity (Wildman–Crippen MR) is 126 cm³/mol. The van der Waals surface area contributed by atoms with Crippen LogP contribution in [-0.2, 0) is 9.59 Å². The fourth-order valence-corrected chi connectivity index (χ4v) is 3.73. The standard InChI is InChI=1S/C24H26N2O5S/c1-4-16(3)31-20-10-6-17(7-11-20)14-21-23(28)26(24(29)32-21)15-22(27)25-18-8-12-19(13-9-18)30-5-2/h6-14,16H,4-5,15H2,1-3H3,(H,25,27)/b21-14+/t16-/m0/s1. The Hall–Kier alpha value is -3.26. The molecule has 1 heterocycles. The summed E-state index contributed by atoms with van der Waals surface area (Å²) in [7, 11) is 0. The summed E-state index contributed by atoms with van der Waals surface area (Å²) in [6.07, 6.45) is 2.66. The van der Waals surface area contributed by atoms with Gasteiger partial charge in [0.15, 0.2) is 0 Å². The van der Waals surface area contributed by atoms with E-state index in [1.807, 2.05) is 45.0 Å². The lowest BCUT2D eigenvalue weighted by molar-refractivity contribution is -0.127. The van der Waals surface area contributed by atoms with Crippen LogP contribution in [0.5, 0.6) is 11.5 Å². The fraction of sp³-hybridized carbons (Fsp3) is 0.292. The zero-order valence-corrected chi connectivity index (χ0v) is 19.1. The van der Waals surface area contributed by atoms with Crippen molar-refractivity contribution in [1.29, 1.82) is 0 Å². The predicted octanol–water partition coefficient (Wildman–Crippen LogP) is 4.94. The molecule has 0 spiro atoms. The molecule has 1 saturated heterocycles. The summed E-state index contributed by atoms with van der Waals surface area (Å²) in [6.45, 7) is 6.13. The molecule has 3 rings (SSSR count). The van der Waals surface area contributed by atoms with Crippen molar-refractivity contribution < 1.29 is 23.9 Å². The number of ether oxygens (including phenoxy) is 2. The van der Waals surface area contributed by atoms with Gasteiger partial charge in [0, 0.05) is 5.69 Å². The van der Waals surface area contributed by atoms with Gasteiger partial charge in [0.05, 0.1) is 17.6 Å². The molecule has 1 N–H and O–H groups in total. The molecule has 1 aliphatic rings. The Kier molecular flexibility index (Phi) is 7.94. The Morgan fingerprint density at radius 1 is 1.06 bits per heavy atom. The second-order valence-electron chi connectivity index (χ2n) is 7.18. The molecule has 1 atom stereocenters. The summed E-state index contributed by atoms with van der Waals surface area (Å²) < 4.78 is 11.1. The second-order valence-corrected chi connectivity index (χ2v) is 8.17. The van der Waals surface area contributed by atoms with Crippen LogP contribution in [0.1, 0.15) is 32.8 Å². The molecule has 168 valence electrons. The van der Waals surface area contributed by atoms with E-state index in [1.165, 1.54) is 0 Å². The van der Waals surface area contributed by atoms with Gasteiger partial charge in [-0.25, -0.2) is 0 Å². The van der Waals surface area contributed by atoms with E-state index in [9.17, 15) is 14.4 Å². The van der Waals surface area contributed by atoms with E-state index in [0.29, 0.717) is 18.0 Å². The van der Waals surface area contributed by atoms with E-state index in [2.05, 4.69) is 5.32 Å². The molecule has 8 heteroatoms. The van der Waals surface area contributed by atoms with E-state index >= 15 is 0 Å². The van der Waals surface area contributed by atoms with Gasteiger partial charge >= 0.3 is 0 Å². The van der Waals surface area contributed by atoms with Crippen LogP contribution in [-0.4, -0.2) is 41.2 Å². The van der Waals surface area contributed by atoms with Crippen molar-refractivity contribution in [3.05, 3.63) is 59.0 Å². The number of hydrogen-bond acceptors (Lipinski definition) is 6. The Bertz CT molecular complexity index is 1000. The Morgan fingerprint density at radius 3 is 2.34 bits per heavy atom. The quantitative estimate of drug-likeness (QED) is 0.541. The largest absolute Gasteiger partial charge is 0.494 e. The number of amides is 3. The fourth-order valence-electron chi connectivity index (χ4n) is 2.89. The van der Waals surface area contributed by atoms with E-state index in [4.69, 9.17) is 9.47 Å². The third kappa shape index (κ3) is 6.13. The second kappa shape index (κ2) is 10.9. The summed E-state index contributed by atoms with van der Waals surface area (Å²) in [5.41, 5.74) is 1.33. The number of nitrogens with one attached hydrogen (secondary N) is 1. The number of hydrogen-bond donors (Lipinski definition) is 1. The third-order valence-corrected chi connectivity index (χ3v) is 5.62. The minimum absolute atomic E-state index is 0.117. The van der Waals surface area contributed by atoms with Gasteiger partial charge in [-0.15, -0.1) is 0 Å². The van der Waals surface area contributed by atoms with Gasteiger partial charge in [-0.1, -0.05) is 19.1 Å². The monoisotopic (exact) mass is 454 g/mol. The number of carbonyl (C=O) groups is 3. The lowest BCUT2D eigenvalue weighted by Gasteiger charge is -2.13. The van der Waals surface area contributed by atoms with Crippen LogP contribution < -0.4 is 14.8 Å². The first-order chi connectivity index (χ1) is 15.4. The number of carbonyl (C=O) groups excluding carboxylic acids is 3. The maximum absolute atomic E-state index is 12.7. The lowest BCUT2D eigenvalue weighted by atomic mass is 10.2. The summed E-state index contributed by atoms with van der Waals surface area (Å²) in [5.74, 6) is 0.502. The number of nitrogens with zero attached hydrogens (tertiary/aromatic N) is 1. The first-order valence-corrected chi connectivity index (χ1v) is 11.3. The van der Waals surface area contributed by atoms with E-state index < -0.39 is 17.1 Å². The van der Waals surface area contributed by atoms with Crippen LogP contribution in [0.2, 0.25) is 0 Å². The molecule has 1 fully saturated rings. The zero-order valence-electron chi connectivity index (χ0n) is 18.3. The molecule has 32 heavy (non-hydrogen) atoms. The zero-order chi connectivity index (χ0) is 23.1. The summed E-state index contributed by atoms with van der Waals surface area (Å²) in [5, 5.41) is 2.21.